The van der Waals surface area contributed by atoms with Crippen molar-refractivity contribution in [3.05, 3.63) is 112 Å². The van der Waals surface area contributed by atoms with Crippen LogP contribution in [-0.2, 0) is 26.0 Å². The van der Waals surface area contributed by atoms with Crippen molar-refractivity contribution in [2.45, 2.75) is 58.3 Å². The van der Waals surface area contributed by atoms with Crippen molar-refractivity contribution in [2.24, 2.45) is 5.92 Å². The van der Waals surface area contributed by atoms with Gasteiger partial charge in [-0.1, -0.05) is 73.1 Å². The molecular weight excluding hydrogens is 734 g/mol. The third-order valence-electron chi connectivity index (χ3n) is 8.66. The molecule has 0 radical (unpaired) electrons. The molecule has 0 aliphatic carbocycles. The smallest absolute Gasteiger partial charge is 0.251 e. The molecule has 0 saturated heterocycles. The molecule has 4 amide bonds. The van der Waals surface area contributed by atoms with E-state index in [0.717, 1.165) is 21.7 Å². The van der Waals surface area contributed by atoms with E-state index in [1.165, 1.54) is 37.6 Å². The molecule has 5 N–H and O–H groups in total. The quantitative estimate of drug-likeness (QED) is 0.104. The first-order valence-corrected chi connectivity index (χ1v) is 19.5. The van der Waals surface area contributed by atoms with E-state index < -0.39 is 57.8 Å². The lowest BCUT2D eigenvalue weighted by atomic mass is 10.0. The van der Waals surface area contributed by atoms with Crippen LogP contribution in [0.15, 0.2) is 89.6 Å². The Morgan fingerprint density at radius 1 is 0.833 bits per heavy atom. The molecule has 0 fully saturated rings. The summed E-state index contributed by atoms with van der Waals surface area (Å²) < 4.78 is 30.8. The first-order chi connectivity index (χ1) is 25.5. The third-order valence-corrected chi connectivity index (χ3v) is 10.1. The van der Waals surface area contributed by atoms with E-state index >= 15 is 0 Å². The molecule has 1 heterocycles. The maximum absolute atomic E-state index is 13.9. The number of amides is 4. The first kappa shape index (κ1) is 41.5. The molecule has 0 bridgehead atoms. The fourth-order valence-electron chi connectivity index (χ4n) is 5.43. The summed E-state index contributed by atoms with van der Waals surface area (Å²) in [6, 6.07) is 19.5. The Labute approximate surface area is 320 Å². The highest BCUT2D eigenvalue weighted by molar-refractivity contribution is 7.92. The summed E-state index contributed by atoms with van der Waals surface area (Å²) in [6.07, 6.45) is 2.71. The summed E-state index contributed by atoms with van der Waals surface area (Å²) in [6.45, 7) is 7.16. The Hall–Kier alpha value is -5.25. The second-order valence-electron chi connectivity index (χ2n) is 13.3. The van der Waals surface area contributed by atoms with Crippen molar-refractivity contribution < 1.29 is 32.1 Å². The van der Waals surface area contributed by atoms with Gasteiger partial charge in [0.2, 0.25) is 21.8 Å². The number of benzene rings is 3. The van der Waals surface area contributed by atoms with Gasteiger partial charge in [-0.25, -0.2) is 8.42 Å². The van der Waals surface area contributed by atoms with Crippen LogP contribution < -0.4 is 30.9 Å². The first-order valence-electron chi connectivity index (χ1n) is 17.3. The molecule has 3 aromatic carbocycles. The number of carbonyl (C=O) groups excluding carboxylic acids is 4. The fraction of sp³-hybridized carbons (Fsp3) is 0.342. The van der Waals surface area contributed by atoms with Gasteiger partial charge >= 0.3 is 0 Å². The summed E-state index contributed by atoms with van der Waals surface area (Å²) in [7, 11) is -2.43. The van der Waals surface area contributed by atoms with Crippen LogP contribution >= 0.6 is 11.6 Å². The van der Waals surface area contributed by atoms with Crippen molar-refractivity contribution >= 4 is 56.8 Å². The number of rotatable bonds is 17. The van der Waals surface area contributed by atoms with Crippen molar-refractivity contribution in [3.8, 4) is 0 Å². The zero-order chi connectivity index (χ0) is 39.6. The Morgan fingerprint density at radius 2 is 1.50 bits per heavy atom. The number of sulfonamides is 1. The van der Waals surface area contributed by atoms with Gasteiger partial charge in [-0.3, -0.25) is 23.5 Å². The third kappa shape index (κ3) is 11.9. The number of nitrogens with one attached hydrogen (secondary N) is 5. The van der Waals surface area contributed by atoms with Gasteiger partial charge in [0, 0.05) is 41.9 Å². The topological polar surface area (TPSA) is 192 Å². The number of anilines is 2. The van der Waals surface area contributed by atoms with E-state index in [2.05, 4.69) is 31.7 Å². The number of halogens is 1. The Kier molecular flexibility index (Phi) is 14.4. The Bertz CT molecular complexity index is 2030. The van der Waals surface area contributed by atoms with Gasteiger partial charge in [-0.05, 0) is 67.6 Å². The molecule has 4 aromatic rings. The van der Waals surface area contributed by atoms with Gasteiger partial charge in [0.1, 0.15) is 12.3 Å². The molecule has 4 rings (SSSR count). The molecule has 0 saturated carbocycles. The van der Waals surface area contributed by atoms with E-state index in [4.69, 9.17) is 16.1 Å². The number of hydrogen-bond donors (Lipinski definition) is 5. The predicted octanol–water partition coefficient (Wildman–Crippen LogP) is 4.31. The zero-order valence-electron chi connectivity index (χ0n) is 30.9. The van der Waals surface area contributed by atoms with Crippen LogP contribution in [0.4, 0.5) is 11.5 Å². The number of nitrogens with zero attached hydrogens (tertiary/aromatic N) is 2. The van der Waals surface area contributed by atoms with Crippen LogP contribution in [0.3, 0.4) is 0 Å². The van der Waals surface area contributed by atoms with Crippen LogP contribution in [0.1, 0.15) is 65.6 Å². The molecule has 0 aliphatic rings. The molecule has 4 atom stereocenters. The fourth-order valence-corrected chi connectivity index (χ4v) is 6.12. The molecule has 0 unspecified atom stereocenters. The van der Waals surface area contributed by atoms with Crippen LogP contribution in [0, 0.1) is 5.92 Å². The predicted molar refractivity (Wildman–Crippen MR) is 208 cm³/mol. The van der Waals surface area contributed by atoms with Gasteiger partial charge in [-0.2, -0.15) is 0 Å². The number of hydrogen-bond acceptors (Lipinski definition) is 9. The van der Waals surface area contributed by atoms with E-state index in [1.54, 1.807) is 45.9 Å². The molecule has 14 nitrogen and oxygen atoms in total. The van der Waals surface area contributed by atoms with Crippen LogP contribution in [0.25, 0.3) is 0 Å². The maximum Gasteiger partial charge on any atom is 0.251 e. The summed E-state index contributed by atoms with van der Waals surface area (Å²) in [5.74, 6) is -2.02. The number of carbonyl (C=O) groups is 4. The average molecular weight is 780 g/mol. The van der Waals surface area contributed by atoms with Crippen molar-refractivity contribution in [1.29, 1.82) is 0 Å². The minimum Gasteiger partial charge on any atom is -0.363 e. The van der Waals surface area contributed by atoms with E-state index in [0.29, 0.717) is 11.4 Å². The highest BCUT2D eigenvalue weighted by Gasteiger charge is 2.28. The van der Waals surface area contributed by atoms with Crippen LogP contribution in [-0.4, -0.2) is 75.2 Å². The van der Waals surface area contributed by atoms with Gasteiger partial charge in [0.25, 0.3) is 11.8 Å². The summed E-state index contributed by atoms with van der Waals surface area (Å²) in [4.78, 5) is 53.7. The normalized spacial score (nSPS) is 13.6. The second-order valence-corrected chi connectivity index (χ2v) is 15.8. The van der Waals surface area contributed by atoms with E-state index in [1.807, 2.05) is 36.4 Å². The Balaban J connectivity index is 1.54. The highest BCUT2D eigenvalue weighted by atomic mass is 35.5. The highest BCUT2D eigenvalue weighted by Crippen LogP contribution is 2.23. The van der Waals surface area contributed by atoms with Gasteiger partial charge in [0.05, 0.1) is 24.0 Å². The molecule has 1 aromatic heterocycles. The molecule has 0 aliphatic heterocycles. The molecule has 288 valence electrons. The maximum atomic E-state index is 13.9. The SMILES string of the molecule is CC(C)[C@H](NC(=O)[C@H](C)NC[C@H](Cc1ccccc1)NC(=O)c1cc(C(=O)N[C@H](C)c2cccc(Cl)c2)cc(N(C)S(C)(=O)=O)c1)C(=O)Nc1ccon1. The minimum absolute atomic E-state index is 0.0466. The van der Waals surface area contributed by atoms with E-state index in [9.17, 15) is 27.6 Å². The van der Waals surface area contributed by atoms with Crippen LogP contribution in [0.2, 0.25) is 5.02 Å². The molecule has 0 spiro atoms. The summed E-state index contributed by atoms with van der Waals surface area (Å²) in [5, 5.41) is 18.6. The summed E-state index contributed by atoms with van der Waals surface area (Å²) >= 11 is 6.15. The average Bonchev–Trinajstić information content (AvgIpc) is 3.64. The lowest BCUT2D eigenvalue weighted by molar-refractivity contribution is -0.128. The molecule has 16 heteroatoms. The van der Waals surface area contributed by atoms with Gasteiger partial charge in [0.15, 0.2) is 5.82 Å². The van der Waals surface area contributed by atoms with Gasteiger partial charge in [-0.15, -0.1) is 0 Å². The lowest BCUT2D eigenvalue weighted by Gasteiger charge is -2.25. The largest absolute Gasteiger partial charge is 0.363 e. The van der Waals surface area contributed by atoms with E-state index in [-0.39, 0.29) is 35.1 Å². The lowest BCUT2D eigenvalue weighted by Crippen LogP contribution is -2.54. The number of aromatic nitrogens is 1. The second kappa shape index (κ2) is 18.7. The minimum atomic E-state index is -3.76. The molecular formula is C38H46ClN7O7S. The monoisotopic (exact) mass is 779 g/mol. The Morgan fingerprint density at radius 3 is 2.09 bits per heavy atom. The van der Waals surface area contributed by atoms with Crippen molar-refractivity contribution in [2.75, 3.05) is 29.5 Å². The molecule has 54 heavy (non-hydrogen) atoms. The zero-order valence-corrected chi connectivity index (χ0v) is 32.5. The van der Waals surface area contributed by atoms with Crippen LogP contribution in [0.5, 0.6) is 0 Å². The van der Waals surface area contributed by atoms with Crippen molar-refractivity contribution in [3.63, 3.8) is 0 Å². The standard InChI is InChI=1S/C38H46ClN7O7S/c1-23(2)34(38(50)43-33-15-16-53-45-33)44-35(47)25(4)40-22-31(17-26-11-8-7-9-12-26)42-37(49)29-18-28(20-32(21-29)46(5)54(6,51)52)36(48)41-24(3)27-13-10-14-30(39)19-27/h7-16,18-21,23-25,31,34,40H,17,22H2,1-6H3,(H,41,48)(H,42,49)(H,44,47)(H,43,45,50)/t24-,25+,31+,34+/m1/s1. The summed E-state index contributed by atoms with van der Waals surface area (Å²) in [5.41, 5.74) is 1.89. The van der Waals surface area contributed by atoms with Gasteiger partial charge < -0.3 is 31.1 Å². The van der Waals surface area contributed by atoms with Crippen molar-refractivity contribution in [1.82, 2.24) is 26.4 Å².